The van der Waals surface area contributed by atoms with Gasteiger partial charge in [-0.2, -0.15) is 0 Å². The molecule has 0 aromatic rings. The van der Waals surface area contributed by atoms with Crippen LogP contribution in [0.2, 0.25) is 0 Å². The summed E-state index contributed by atoms with van der Waals surface area (Å²) in [6.07, 6.45) is 6.70. The molecule has 0 spiro atoms. The van der Waals surface area contributed by atoms with E-state index in [-0.39, 0.29) is 24.0 Å². The van der Waals surface area contributed by atoms with E-state index >= 15 is 0 Å². The van der Waals surface area contributed by atoms with Crippen LogP contribution < -0.4 is 10.6 Å². The van der Waals surface area contributed by atoms with Crippen LogP contribution in [0.4, 0.5) is 0 Å². The minimum atomic E-state index is 0. The highest BCUT2D eigenvalue weighted by atomic mass is 127. The van der Waals surface area contributed by atoms with Gasteiger partial charge < -0.3 is 10.6 Å². The number of rotatable bonds is 4. The van der Waals surface area contributed by atoms with E-state index in [9.17, 15) is 0 Å². The van der Waals surface area contributed by atoms with Crippen LogP contribution in [0.5, 0.6) is 0 Å². The lowest BCUT2D eigenvalue weighted by atomic mass is 9.80. The second kappa shape index (κ2) is 9.87. The van der Waals surface area contributed by atoms with Crippen molar-refractivity contribution in [2.24, 2.45) is 16.8 Å². The van der Waals surface area contributed by atoms with Gasteiger partial charge in [-0.15, -0.1) is 24.0 Å². The lowest BCUT2D eigenvalue weighted by molar-refractivity contribution is 0.256. The molecule has 0 bridgehead atoms. The molecule has 0 amide bonds. The van der Waals surface area contributed by atoms with Crippen molar-refractivity contribution in [1.82, 2.24) is 10.6 Å². The molecule has 1 aliphatic carbocycles. The van der Waals surface area contributed by atoms with Crippen LogP contribution in [0.1, 0.15) is 52.9 Å². The maximum Gasteiger partial charge on any atom is 0.191 e. The van der Waals surface area contributed by atoms with E-state index in [1.54, 1.807) is 0 Å². The molecular formula is C14H30IN3. The van der Waals surface area contributed by atoms with Gasteiger partial charge in [-0.1, -0.05) is 33.1 Å². The Morgan fingerprint density at radius 1 is 1.33 bits per heavy atom. The van der Waals surface area contributed by atoms with Crippen molar-refractivity contribution in [3.05, 3.63) is 0 Å². The van der Waals surface area contributed by atoms with Crippen molar-refractivity contribution in [3.63, 3.8) is 0 Å². The molecule has 108 valence electrons. The molecule has 4 heteroatoms. The highest BCUT2D eigenvalue weighted by molar-refractivity contribution is 14.0. The van der Waals surface area contributed by atoms with Crippen LogP contribution >= 0.6 is 24.0 Å². The number of guanidine groups is 1. The third kappa shape index (κ3) is 6.25. The van der Waals surface area contributed by atoms with E-state index in [0.717, 1.165) is 30.8 Å². The van der Waals surface area contributed by atoms with Crippen molar-refractivity contribution in [1.29, 1.82) is 0 Å². The lowest BCUT2D eigenvalue weighted by Crippen LogP contribution is -2.44. The van der Waals surface area contributed by atoms with Crippen LogP contribution in [0.25, 0.3) is 0 Å². The molecule has 3 atom stereocenters. The number of nitrogens with zero attached hydrogens (tertiary/aromatic N) is 1. The summed E-state index contributed by atoms with van der Waals surface area (Å²) in [6, 6.07) is 0.491. The molecule has 2 N–H and O–H groups in total. The van der Waals surface area contributed by atoms with Gasteiger partial charge in [-0.25, -0.2) is 0 Å². The monoisotopic (exact) mass is 367 g/mol. The van der Waals surface area contributed by atoms with Gasteiger partial charge in [0.15, 0.2) is 5.96 Å². The predicted octanol–water partition coefficient (Wildman–Crippen LogP) is 3.39. The normalized spacial score (nSPS) is 26.1. The zero-order valence-corrected chi connectivity index (χ0v) is 14.7. The Morgan fingerprint density at radius 3 is 2.56 bits per heavy atom. The van der Waals surface area contributed by atoms with Gasteiger partial charge in [0.2, 0.25) is 0 Å². The van der Waals surface area contributed by atoms with Gasteiger partial charge in [-0.3, -0.25) is 4.99 Å². The first-order chi connectivity index (χ1) is 8.17. The Labute approximate surface area is 130 Å². The highest BCUT2D eigenvalue weighted by Crippen LogP contribution is 2.28. The Morgan fingerprint density at radius 2 is 2.00 bits per heavy atom. The van der Waals surface area contributed by atoms with Gasteiger partial charge in [0, 0.05) is 19.6 Å². The molecule has 0 heterocycles. The van der Waals surface area contributed by atoms with E-state index in [2.05, 4.69) is 36.4 Å². The minimum Gasteiger partial charge on any atom is -0.356 e. The fourth-order valence-corrected chi connectivity index (χ4v) is 2.45. The van der Waals surface area contributed by atoms with Gasteiger partial charge in [0.1, 0.15) is 0 Å². The van der Waals surface area contributed by atoms with E-state index in [4.69, 9.17) is 0 Å². The van der Waals surface area contributed by atoms with Crippen LogP contribution in [0.3, 0.4) is 0 Å². The fraction of sp³-hybridized carbons (Fsp3) is 0.929. The summed E-state index contributed by atoms with van der Waals surface area (Å²) >= 11 is 0. The molecule has 1 saturated carbocycles. The first-order valence-corrected chi connectivity index (χ1v) is 7.14. The van der Waals surface area contributed by atoms with Gasteiger partial charge >= 0.3 is 0 Å². The molecule has 0 aromatic heterocycles. The molecule has 18 heavy (non-hydrogen) atoms. The summed E-state index contributed by atoms with van der Waals surface area (Å²) < 4.78 is 0. The Balaban J connectivity index is 0.00000289. The second-order valence-electron chi connectivity index (χ2n) is 5.43. The maximum absolute atomic E-state index is 4.28. The van der Waals surface area contributed by atoms with Crippen molar-refractivity contribution < 1.29 is 0 Å². The SMILES string of the molecule is CCC(C)NC(=NC)NCC1CCCCC1C.I. The van der Waals surface area contributed by atoms with Crippen LogP contribution in [0, 0.1) is 11.8 Å². The van der Waals surface area contributed by atoms with E-state index in [1.807, 2.05) is 7.05 Å². The zero-order chi connectivity index (χ0) is 12.7. The van der Waals surface area contributed by atoms with Crippen molar-refractivity contribution in [2.45, 2.75) is 58.9 Å². The topological polar surface area (TPSA) is 36.4 Å². The number of hydrogen-bond donors (Lipinski definition) is 2. The summed E-state index contributed by atoms with van der Waals surface area (Å²) in [7, 11) is 1.85. The maximum atomic E-state index is 4.28. The zero-order valence-electron chi connectivity index (χ0n) is 12.3. The third-order valence-corrected chi connectivity index (χ3v) is 4.04. The fourth-order valence-electron chi connectivity index (χ4n) is 2.45. The summed E-state index contributed by atoms with van der Waals surface area (Å²) in [6.45, 7) is 7.83. The molecule has 3 nitrogen and oxygen atoms in total. The molecule has 0 aromatic carbocycles. The second-order valence-corrected chi connectivity index (χ2v) is 5.43. The average molecular weight is 367 g/mol. The molecule has 3 unspecified atom stereocenters. The van der Waals surface area contributed by atoms with Crippen LogP contribution in [-0.4, -0.2) is 25.6 Å². The van der Waals surface area contributed by atoms with E-state index in [1.165, 1.54) is 25.7 Å². The summed E-state index contributed by atoms with van der Waals surface area (Å²) in [5, 5.41) is 6.88. The average Bonchev–Trinajstić information content (AvgIpc) is 2.35. The lowest BCUT2D eigenvalue weighted by Gasteiger charge is -2.29. The quantitative estimate of drug-likeness (QED) is 0.454. The molecular weight excluding hydrogens is 337 g/mol. The Hall–Kier alpha value is 0. The number of halogens is 1. The summed E-state index contributed by atoms with van der Waals surface area (Å²) in [4.78, 5) is 4.28. The Kier molecular flexibility index (Phi) is 9.87. The smallest absolute Gasteiger partial charge is 0.191 e. The first kappa shape index (κ1) is 18.0. The largest absolute Gasteiger partial charge is 0.356 e. The Bertz CT molecular complexity index is 243. The number of aliphatic imine (C=N–C) groups is 1. The van der Waals surface area contributed by atoms with Crippen LogP contribution in [0.15, 0.2) is 4.99 Å². The van der Waals surface area contributed by atoms with Gasteiger partial charge in [0.25, 0.3) is 0 Å². The molecule has 0 aliphatic heterocycles. The molecule has 0 saturated heterocycles. The number of nitrogens with one attached hydrogen (secondary N) is 2. The van der Waals surface area contributed by atoms with Crippen molar-refractivity contribution in [2.75, 3.05) is 13.6 Å². The van der Waals surface area contributed by atoms with E-state index < -0.39 is 0 Å². The molecule has 1 aliphatic rings. The van der Waals surface area contributed by atoms with Gasteiger partial charge in [0.05, 0.1) is 0 Å². The molecule has 1 rings (SSSR count). The first-order valence-electron chi connectivity index (χ1n) is 7.14. The molecule has 0 radical (unpaired) electrons. The predicted molar refractivity (Wildman–Crippen MR) is 90.8 cm³/mol. The van der Waals surface area contributed by atoms with Crippen molar-refractivity contribution in [3.8, 4) is 0 Å². The standard InChI is InChI=1S/C14H29N3.HI/c1-5-12(3)17-14(15-4)16-10-13-9-7-6-8-11(13)2;/h11-13H,5-10H2,1-4H3,(H2,15,16,17);1H. The minimum absolute atomic E-state index is 0. The van der Waals surface area contributed by atoms with Crippen molar-refractivity contribution >= 4 is 29.9 Å². The summed E-state index contributed by atoms with van der Waals surface area (Å²) in [5.41, 5.74) is 0. The number of hydrogen-bond acceptors (Lipinski definition) is 1. The third-order valence-electron chi connectivity index (χ3n) is 4.04. The van der Waals surface area contributed by atoms with E-state index in [0.29, 0.717) is 6.04 Å². The molecule has 1 fully saturated rings. The van der Waals surface area contributed by atoms with Gasteiger partial charge in [-0.05, 0) is 31.6 Å². The van der Waals surface area contributed by atoms with Crippen LogP contribution in [-0.2, 0) is 0 Å². The highest BCUT2D eigenvalue weighted by Gasteiger charge is 2.21. The summed E-state index contributed by atoms with van der Waals surface area (Å²) in [5.74, 6) is 2.63.